The Kier molecular flexibility index (Phi) is 9.46. The Labute approximate surface area is 268 Å². The summed E-state index contributed by atoms with van der Waals surface area (Å²) in [5.74, 6) is 0.225. The van der Waals surface area contributed by atoms with Gasteiger partial charge in [-0.25, -0.2) is 10.2 Å². The van der Waals surface area contributed by atoms with E-state index in [4.69, 9.17) is 46.9 Å². The van der Waals surface area contributed by atoms with Crippen LogP contribution in [0.25, 0.3) is 22.0 Å². The van der Waals surface area contributed by atoms with Gasteiger partial charge >= 0.3 is 5.97 Å². The number of hydrogen-bond acceptors (Lipinski definition) is 8. The van der Waals surface area contributed by atoms with Crippen molar-refractivity contribution in [3.8, 4) is 39.9 Å². The van der Waals surface area contributed by atoms with Gasteiger partial charge in [-0.2, -0.15) is 5.10 Å². The largest absolute Gasteiger partial charge is 0.493 e. The second-order valence-electron chi connectivity index (χ2n) is 9.46. The molecule has 0 atom stereocenters. The Morgan fingerprint density at radius 2 is 1.49 bits per heavy atom. The van der Waals surface area contributed by atoms with Crippen LogP contribution in [0, 0.1) is 0 Å². The Balaban J connectivity index is 1.36. The molecular formula is C33H27Cl2N3O7. The first-order valence-electron chi connectivity index (χ1n) is 13.4. The van der Waals surface area contributed by atoms with Gasteiger partial charge in [-0.15, -0.1) is 0 Å². The third-order valence-electron chi connectivity index (χ3n) is 6.77. The molecule has 1 heterocycles. The van der Waals surface area contributed by atoms with E-state index in [1.165, 1.54) is 46.8 Å². The zero-order valence-electron chi connectivity index (χ0n) is 24.6. The van der Waals surface area contributed by atoms with E-state index in [1.54, 1.807) is 30.3 Å². The van der Waals surface area contributed by atoms with Gasteiger partial charge in [0.15, 0.2) is 23.0 Å². The van der Waals surface area contributed by atoms with E-state index in [9.17, 15) is 9.59 Å². The number of ether oxygens (including phenoxy) is 5. The van der Waals surface area contributed by atoms with Crippen LogP contribution in [0.2, 0.25) is 10.0 Å². The summed E-state index contributed by atoms with van der Waals surface area (Å²) in [6, 6.07) is 20.5. The normalized spacial score (nSPS) is 11.0. The number of halogens is 2. The fraction of sp³-hybridized carbons (Fsp3) is 0.121. The summed E-state index contributed by atoms with van der Waals surface area (Å²) in [5.41, 5.74) is 5.59. The monoisotopic (exact) mass is 647 g/mol. The number of methoxy groups -OCH3 is 4. The second kappa shape index (κ2) is 13.6. The summed E-state index contributed by atoms with van der Waals surface area (Å²) in [4.78, 5) is 29.4. The highest BCUT2D eigenvalue weighted by atomic mass is 35.5. The van der Waals surface area contributed by atoms with Crippen molar-refractivity contribution < 1.29 is 33.3 Å². The molecule has 0 saturated heterocycles. The molecule has 45 heavy (non-hydrogen) atoms. The van der Waals surface area contributed by atoms with Gasteiger partial charge in [0.2, 0.25) is 5.75 Å². The molecule has 12 heteroatoms. The predicted molar refractivity (Wildman–Crippen MR) is 173 cm³/mol. The molecule has 10 nitrogen and oxygen atoms in total. The molecule has 4 aromatic carbocycles. The van der Waals surface area contributed by atoms with Crippen LogP contribution >= 0.6 is 23.2 Å². The van der Waals surface area contributed by atoms with Gasteiger partial charge in [0.05, 0.1) is 45.2 Å². The third-order valence-corrected chi connectivity index (χ3v) is 7.29. The summed E-state index contributed by atoms with van der Waals surface area (Å²) in [6.45, 7) is 0. The summed E-state index contributed by atoms with van der Waals surface area (Å²) in [5, 5.41) is 5.64. The number of hydrogen-bond donors (Lipinski definition) is 2. The molecule has 0 spiro atoms. The average Bonchev–Trinajstić information content (AvgIpc) is 3.44. The highest BCUT2D eigenvalue weighted by Crippen LogP contribution is 2.40. The van der Waals surface area contributed by atoms with Crippen molar-refractivity contribution in [2.45, 2.75) is 0 Å². The Morgan fingerprint density at radius 1 is 0.800 bits per heavy atom. The number of esters is 1. The number of amides is 1. The lowest BCUT2D eigenvalue weighted by atomic mass is 10.0. The number of benzene rings is 4. The van der Waals surface area contributed by atoms with Gasteiger partial charge in [0.25, 0.3) is 5.91 Å². The standard InChI is InChI=1S/C33H27Cl2N3O7/c1-41-25-12-18(10-11-24(25)45-33(40)20-13-26(42-2)31(44-4)27(14-20)43-3)17-36-38-32(39)30-28(19-8-6-5-7-9-19)29-22(35)15-21(34)16-23(29)37-30/h5-17,37H,1-4H3,(H,38,39). The molecule has 0 bridgehead atoms. The van der Waals surface area contributed by atoms with Crippen molar-refractivity contribution in [2.75, 3.05) is 28.4 Å². The zero-order chi connectivity index (χ0) is 32.1. The maximum absolute atomic E-state index is 13.3. The smallest absolute Gasteiger partial charge is 0.343 e. The maximum Gasteiger partial charge on any atom is 0.343 e. The Hall–Kier alpha value is -5.19. The van der Waals surface area contributed by atoms with Crippen molar-refractivity contribution in [3.63, 3.8) is 0 Å². The second-order valence-corrected chi connectivity index (χ2v) is 10.3. The molecule has 230 valence electrons. The number of rotatable bonds is 10. The minimum Gasteiger partial charge on any atom is -0.493 e. The quantitative estimate of drug-likeness (QED) is 0.0714. The van der Waals surface area contributed by atoms with Gasteiger partial charge in [0, 0.05) is 21.5 Å². The van der Waals surface area contributed by atoms with Crippen molar-refractivity contribution in [3.05, 3.63) is 99.7 Å². The lowest BCUT2D eigenvalue weighted by Gasteiger charge is -2.14. The summed E-state index contributed by atoms with van der Waals surface area (Å²) < 4.78 is 27.0. The van der Waals surface area contributed by atoms with Crippen LogP contribution in [0.3, 0.4) is 0 Å². The van der Waals surface area contributed by atoms with Gasteiger partial charge in [-0.1, -0.05) is 53.5 Å². The summed E-state index contributed by atoms with van der Waals surface area (Å²) >= 11 is 12.8. The molecule has 1 amide bonds. The first kappa shape index (κ1) is 31.2. The van der Waals surface area contributed by atoms with Crippen LogP contribution in [-0.2, 0) is 0 Å². The highest BCUT2D eigenvalue weighted by Gasteiger charge is 2.22. The van der Waals surface area contributed by atoms with Crippen LogP contribution < -0.4 is 29.1 Å². The molecule has 2 N–H and O–H groups in total. The van der Waals surface area contributed by atoms with Crippen LogP contribution in [0.5, 0.6) is 28.7 Å². The molecule has 0 unspecified atom stereocenters. The molecule has 5 rings (SSSR count). The first-order chi connectivity index (χ1) is 21.8. The van der Waals surface area contributed by atoms with Crippen LogP contribution in [0.15, 0.2) is 77.9 Å². The number of carbonyl (C=O) groups excluding carboxylic acids is 2. The van der Waals surface area contributed by atoms with Crippen molar-refractivity contribution in [1.82, 2.24) is 10.4 Å². The molecule has 0 aliphatic rings. The van der Waals surface area contributed by atoms with Crippen LogP contribution in [-0.4, -0.2) is 51.5 Å². The SMILES string of the molecule is COc1cc(C=NNC(=O)c2[nH]c3cc(Cl)cc(Cl)c3c2-c2ccccc2)ccc1OC(=O)c1cc(OC)c(OC)c(OC)c1. The number of nitrogens with zero attached hydrogens (tertiary/aromatic N) is 1. The topological polar surface area (TPSA) is 120 Å². The van der Waals surface area contributed by atoms with E-state index in [0.29, 0.717) is 49.3 Å². The molecule has 0 fully saturated rings. The fourth-order valence-corrected chi connectivity index (χ4v) is 5.33. The highest BCUT2D eigenvalue weighted by molar-refractivity contribution is 6.40. The van der Waals surface area contributed by atoms with Crippen LogP contribution in [0.1, 0.15) is 26.4 Å². The lowest BCUT2D eigenvalue weighted by Crippen LogP contribution is -2.18. The van der Waals surface area contributed by atoms with E-state index in [2.05, 4.69) is 15.5 Å². The van der Waals surface area contributed by atoms with E-state index < -0.39 is 11.9 Å². The van der Waals surface area contributed by atoms with Gasteiger partial charge in [-0.05, 0) is 53.6 Å². The zero-order valence-corrected chi connectivity index (χ0v) is 26.1. The van der Waals surface area contributed by atoms with E-state index in [0.717, 1.165) is 5.56 Å². The predicted octanol–water partition coefficient (Wildman–Crippen LogP) is 7.16. The molecule has 5 aromatic rings. The van der Waals surface area contributed by atoms with Gasteiger partial charge in [0.1, 0.15) is 5.69 Å². The molecule has 0 saturated carbocycles. The number of aromatic nitrogens is 1. The average molecular weight is 648 g/mol. The van der Waals surface area contributed by atoms with E-state index in [1.807, 2.05) is 30.3 Å². The van der Waals surface area contributed by atoms with Crippen molar-refractivity contribution in [2.24, 2.45) is 5.10 Å². The van der Waals surface area contributed by atoms with E-state index in [-0.39, 0.29) is 22.8 Å². The Morgan fingerprint density at radius 3 is 2.13 bits per heavy atom. The number of fused-ring (bicyclic) bond motifs is 1. The summed E-state index contributed by atoms with van der Waals surface area (Å²) in [6.07, 6.45) is 1.43. The van der Waals surface area contributed by atoms with Crippen molar-refractivity contribution >= 4 is 52.2 Å². The van der Waals surface area contributed by atoms with Gasteiger partial charge in [-0.3, -0.25) is 4.79 Å². The molecule has 0 aliphatic carbocycles. The maximum atomic E-state index is 13.3. The number of H-pyrrole nitrogens is 1. The molecular weight excluding hydrogens is 621 g/mol. The van der Waals surface area contributed by atoms with E-state index >= 15 is 0 Å². The van der Waals surface area contributed by atoms with Gasteiger partial charge < -0.3 is 28.7 Å². The first-order valence-corrected chi connectivity index (χ1v) is 14.1. The minimum atomic E-state index is -0.671. The lowest BCUT2D eigenvalue weighted by molar-refractivity contribution is 0.0728. The number of aromatic amines is 1. The van der Waals surface area contributed by atoms with Crippen molar-refractivity contribution in [1.29, 1.82) is 0 Å². The fourth-order valence-electron chi connectivity index (χ4n) is 4.74. The minimum absolute atomic E-state index is 0.165. The Bertz CT molecular complexity index is 1900. The molecule has 1 aromatic heterocycles. The third kappa shape index (κ3) is 6.52. The number of hydrazone groups is 1. The number of nitrogens with one attached hydrogen (secondary N) is 2. The van der Waals surface area contributed by atoms with Crippen LogP contribution in [0.4, 0.5) is 0 Å². The molecule has 0 aliphatic heterocycles. The number of carbonyl (C=O) groups is 2. The molecule has 0 radical (unpaired) electrons. The summed E-state index contributed by atoms with van der Waals surface area (Å²) in [7, 11) is 5.81.